The van der Waals surface area contributed by atoms with Gasteiger partial charge in [-0.3, -0.25) is 4.79 Å². The maximum absolute atomic E-state index is 11.5. The van der Waals surface area contributed by atoms with E-state index < -0.39 is 11.7 Å². The first-order valence-corrected chi connectivity index (χ1v) is 6.76. The molecule has 0 fully saturated rings. The molecule has 0 aliphatic heterocycles. The van der Waals surface area contributed by atoms with E-state index in [-0.39, 0.29) is 5.78 Å². The van der Waals surface area contributed by atoms with E-state index in [4.69, 9.17) is 4.74 Å². The van der Waals surface area contributed by atoms with Crippen LogP contribution in [-0.4, -0.2) is 24.0 Å². The number of Topliss-reactive ketones (excluding diaryl/α,β-unsaturated/α-hetero) is 1. The molecule has 0 aliphatic rings. The third-order valence-electron chi connectivity index (χ3n) is 2.63. The first-order valence-electron chi connectivity index (χ1n) is 6.76. The summed E-state index contributed by atoms with van der Waals surface area (Å²) < 4.78 is 5.16. The van der Waals surface area contributed by atoms with E-state index in [2.05, 4.69) is 5.32 Å². The zero-order valence-corrected chi connectivity index (χ0v) is 12.9. The van der Waals surface area contributed by atoms with Crippen LogP contribution in [0.15, 0.2) is 18.2 Å². The lowest BCUT2D eigenvalue weighted by atomic mass is 10.0. The van der Waals surface area contributed by atoms with E-state index in [0.29, 0.717) is 18.5 Å². The zero-order chi connectivity index (χ0) is 15.3. The summed E-state index contributed by atoms with van der Waals surface area (Å²) >= 11 is 0. The van der Waals surface area contributed by atoms with Gasteiger partial charge >= 0.3 is 6.09 Å². The molecule has 110 valence electrons. The summed E-state index contributed by atoms with van der Waals surface area (Å²) in [5.41, 5.74) is 2.29. The van der Waals surface area contributed by atoms with Crippen LogP contribution < -0.4 is 5.32 Å². The predicted molar refractivity (Wildman–Crippen MR) is 79.1 cm³/mol. The summed E-state index contributed by atoms with van der Waals surface area (Å²) in [6.07, 6.45) is 0.248. The third-order valence-corrected chi connectivity index (χ3v) is 2.63. The molecule has 0 radical (unpaired) electrons. The number of rotatable bonds is 4. The third kappa shape index (κ3) is 5.87. The van der Waals surface area contributed by atoms with Crippen molar-refractivity contribution in [3.05, 3.63) is 34.9 Å². The molecule has 1 aromatic rings. The average Bonchev–Trinajstić information content (AvgIpc) is 2.25. The zero-order valence-electron chi connectivity index (χ0n) is 12.9. The summed E-state index contributed by atoms with van der Waals surface area (Å²) in [5.74, 6) is 0.0510. The molecule has 0 bridgehead atoms. The van der Waals surface area contributed by atoms with Crippen molar-refractivity contribution in [1.29, 1.82) is 0 Å². The van der Waals surface area contributed by atoms with Crippen molar-refractivity contribution in [2.24, 2.45) is 0 Å². The number of benzene rings is 1. The van der Waals surface area contributed by atoms with Crippen LogP contribution in [0.3, 0.4) is 0 Å². The molecule has 1 rings (SSSR count). The van der Waals surface area contributed by atoms with Crippen molar-refractivity contribution < 1.29 is 14.3 Å². The van der Waals surface area contributed by atoms with Crippen LogP contribution in [-0.2, 0) is 11.2 Å². The second kappa shape index (κ2) is 6.55. The summed E-state index contributed by atoms with van der Waals surface area (Å²) in [4.78, 5) is 22.9. The van der Waals surface area contributed by atoms with E-state index in [1.165, 1.54) is 0 Å². The van der Waals surface area contributed by atoms with Gasteiger partial charge in [-0.1, -0.05) is 11.6 Å². The summed E-state index contributed by atoms with van der Waals surface area (Å²) in [6, 6.07) is 5.75. The van der Waals surface area contributed by atoms with Gasteiger partial charge in [-0.2, -0.15) is 0 Å². The fraction of sp³-hybridized carbons (Fsp3) is 0.500. The van der Waals surface area contributed by atoms with Crippen molar-refractivity contribution in [2.75, 3.05) is 6.54 Å². The highest BCUT2D eigenvalue weighted by Crippen LogP contribution is 2.11. The fourth-order valence-corrected chi connectivity index (χ4v) is 1.83. The quantitative estimate of drug-likeness (QED) is 0.859. The molecule has 1 amide bonds. The Morgan fingerprint density at radius 2 is 1.85 bits per heavy atom. The van der Waals surface area contributed by atoms with Gasteiger partial charge in [0.25, 0.3) is 0 Å². The molecule has 1 N–H and O–H groups in total. The second-order valence-electron chi connectivity index (χ2n) is 5.94. The van der Waals surface area contributed by atoms with Crippen LogP contribution in [0.5, 0.6) is 0 Å². The molecule has 1 aromatic carbocycles. The van der Waals surface area contributed by atoms with Crippen LogP contribution in [0.25, 0.3) is 0 Å². The Labute approximate surface area is 120 Å². The Bertz CT molecular complexity index is 501. The van der Waals surface area contributed by atoms with Crippen molar-refractivity contribution >= 4 is 11.9 Å². The topological polar surface area (TPSA) is 55.4 Å². The normalized spacial score (nSPS) is 11.1. The highest BCUT2D eigenvalue weighted by molar-refractivity contribution is 5.94. The summed E-state index contributed by atoms with van der Waals surface area (Å²) in [6.45, 7) is 9.47. The van der Waals surface area contributed by atoms with Gasteiger partial charge in [-0.25, -0.2) is 4.79 Å². The number of aryl methyl sites for hydroxylation is 1. The van der Waals surface area contributed by atoms with Crippen LogP contribution in [0.2, 0.25) is 0 Å². The molecule has 0 saturated heterocycles. The van der Waals surface area contributed by atoms with Gasteiger partial charge in [0, 0.05) is 12.1 Å². The van der Waals surface area contributed by atoms with Crippen LogP contribution in [0.1, 0.15) is 49.2 Å². The number of hydrogen-bond acceptors (Lipinski definition) is 3. The van der Waals surface area contributed by atoms with E-state index in [1.807, 2.05) is 45.9 Å². The molecule has 4 heteroatoms. The SMILES string of the molecule is CC(=O)c1cc(C)cc(CCNC(=O)OC(C)(C)C)c1. The molecule has 0 aromatic heterocycles. The predicted octanol–water partition coefficient (Wildman–Crippen LogP) is 3.26. The molecule has 0 heterocycles. The Morgan fingerprint density at radius 1 is 1.20 bits per heavy atom. The minimum Gasteiger partial charge on any atom is -0.444 e. The van der Waals surface area contributed by atoms with Crippen molar-refractivity contribution in [3.8, 4) is 0 Å². The largest absolute Gasteiger partial charge is 0.444 e. The van der Waals surface area contributed by atoms with Crippen molar-refractivity contribution in [1.82, 2.24) is 5.32 Å². The number of hydrogen-bond donors (Lipinski definition) is 1. The minimum atomic E-state index is -0.491. The van der Waals surface area contributed by atoms with Crippen molar-refractivity contribution in [2.45, 2.75) is 46.6 Å². The number of carbonyl (C=O) groups is 2. The highest BCUT2D eigenvalue weighted by Gasteiger charge is 2.15. The number of amides is 1. The maximum atomic E-state index is 11.5. The van der Waals surface area contributed by atoms with Gasteiger partial charge in [0.2, 0.25) is 0 Å². The van der Waals surface area contributed by atoms with Gasteiger partial charge in [0.15, 0.2) is 5.78 Å². The van der Waals surface area contributed by atoms with Gasteiger partial charge < -0.3 is 10.1 Å². The van der Waals surface area contributed by atoms with Crippen LogP contribution >= 0.6 is 0 Å². The first kappa shape index (κ1) is 16.2. The van der Waals surface area contributed by atoms with Crippen LogP contribution in [0.4, 0.5) is 4.79 Å². The lowest BCUT2D eigenvalue weighted by Gasteiger charge is -2.19. The summed E-state index contributed by atoms with van der Waals surface area (Å²) in [5, 5.41) is 2.71. The molecular weight excluding hydrogens is 254 g/mol. The Morgan fingerprint density at radius 3 is 2.40 bits per heavy atom. The van der Waals surface area contributed by atoms with E-state index in [0.717, 1.165) is 11.1 Å². The van der Waals surface area contributed by atoms with Crippen LogP contribution in [0, 0.1) is 6.92 Å². The summed E-state index contributed by atoms with van der Waals surface area (Å²) in [7, 11) is 0. The van der Waals surface area contributed by atoms with E-state index >= 15 is 0 Å². The van der Waals surface area contributed by atoms with E-state index in [9.17, 15) is 9.59 Å². The number of ketones is 1. The lowest BCUT2D eigenvalue weighted by molar-refractivity contribution is 0.0528. The van der Waals surface area contributed by atoms with Crippen molar-refractivity contribution in [3.63, 3.8) is 0 Å². The Kier molecular flexibility index (Phi) is 5.31. The molecule has 4 nitrogen and oxygen atoms in total. The standard InChI is InChI=1S/C16H23NO3/c1-11-8-13(10-14(9-11)12(2)18)6-7-17-15(19)20-16(3,4)5/h8-10H,6-7H2,1-5H3,(H,17,19). The smallest absolute Gasteiger partial charge is 0.407 e. The molecule has 20 heavy (non-hydrogen) atoms. The molecule has 0 aliphatic carbocycles. The maximum Gasteiger partial charge on any atom is 0.407 e. The molecular formula is C16H23NO3. The number of ether oxygens (including phenoxy) is 1. The van der Waals surface area contributed by atoms with Gasteiger partial charge in [0.05, 0.1) is 0 Å². The molecule has 0 unspecified atom stereocenters. The first-order chi connectivity index (χ1) is 9.17. The monoisotopic (exact) mass is 277 g/mol. The number of carbonyl (C=O) groups excluding carboxylic acids is 2. The minimum absolute atomic E-state index is 0.0510. The van der Waals surface area contributed by atoms with Gasteiger partial charge in [-0.15, -0.1) is 0 Å². The lowest BCUT2D eigenvalue weighted by Crippen LogP contribution is -2.33. The fourth-order valence-electron chi connectivity index (χ4n) is 1.83. The molecule has 0 atom stereocenters. The number of nitrogens with one attached hydrogen (secondary N) is 1. The molecule has 0 spiro atoms. The van der Waals surface area contributed by atoms with Gasteiger partial charge in [0.1, 0.15) is 5.60 Å². The second-order valence-corrected chi connectivity index (χ2v) is 5.94. The molecule has 0 saturated carbocycles. The van der Waals surface area contributed by atoms with E-state index in [1.54, 1.807) is 6.92 Å². The highest BCUT2D eigenvalue weighted by atomic mass is 16.6. The Hall–Kier alpha value is -1.84. The Balaban J connectivity index is 2.54. The average molecular weight is 277 g/mol. The van der Waals surface area contributed by atoms with Gasteiger partial charge in [-0.05, 0) is 58.7 Å². The number of alkyl carbamates (subject to hydrolysis) is 1.